The van der Waals surface area contributed by atoms with Crippen LogP contribution < -0.4 is 25.2 Å². The topological polar surface area (TPSA) is 151 Å². The molecule has 0 saturated carbocycles. The van der Waals surface area contributed by atoms with E-state index in [1.165, 1.54) is 11.9 Å². The van der Waals surface area contributed by atoms with E-state index in [1.807, 2.05) is 87.2 Å². The van der Waals surface area contributed by atoms with Crippen LogP contribution >= 0.6 is 32.1 Å². The molecule has 4 atom stereocenters. The van der Waals surface area contributed by atoms with E-state index < -0.39 is 20.5 Å². The Hall–Kier alpha value is -3.23. The van der Waals surface area contributed by atoms with Gasteiger partial charge in [0, 0.05) is 30.8 Å². The van der Waals surface area contributed by atoms with Gasteiger partial charge in [-0.2, -0.15) is 14.8 Å². The number of nitrogen functional groups attached to an aromatic ring is 1. The van der Waals surface area contributed by atoms with Crippen LogP contribution in [0.2, 0.25) is 5.02 Å². The summed E-state index contributed by atoms with van der Waals surface area (Å²) in [6.45, 7) is 7.96. The molecule has 0 fully saturated rings. The predicted molar refractivity (Wildman–Crippen MR) is 190 cm³/mol. The molecule has 0 aliphatic heterocycles. The minimum absolute atomic E-state index is 0.0534. The van der Waals surface area contributed by atoms with Crippen LogP contribution in [0.3, 0.4) is 0 Å². The van der Waals surface area contributed by atoms with Gasteiger partial charge < -0.3 is 28.8 Å². The highest BCUT2D eigenvalue weighted by Gasteiger charge is 2.26. The Labute approximate surface area is 286 Å². The van der Waals surface area contributed by atoms with Crippen molar-refractivity contribution in [2.75, 3.05) is 37.8 Å². The molecule has 256 valence electrons. The molecule has 16 heteroatoms. The van der Waals surface area contributed by atoms with Crippen LogP contribution in [-0.4, -0.2) is 64.7 Å². The first-order valence-corrected chi connectivity index (χ1v) is 17.9. The minimum atomic E-state index is -1.76. The zero-order valence-corrected chi connectivity index (χ0v) is 30.2. The van der Waals surface area contributed by atoms with Crippen molar-refractivity contribution in [3.63, 3.8) is 0 Å². The number of rotatable bonds is 17. The largest absolute Gasteiger partial charge is 0.460 e. The van der Waals surface area contributed by atoms with Crippen molar-refractivity contribution >= 4 is 61.0 Å². The number of nitrogens with zero attached hydrogens (tertiary/aromatic N) is 5. The Balaban J connectivity index is 0.00000294. The number of hydrazine groups is 1. The van der Waals surface area contributed by atoms with Crippen LogP contribution in [0, 0.1) is 0 Å². The number of nitrogens with two attached hydrogens (primary N) is 1. The van der Waals surface area contributed by atoms with E-state index in [-0.39, 0.29) is 31.3 Å². The van der Waals surface area contributed by atoms with Gasteiger partial charge in [-0.05, 0) is 44.7 Å². The molecule has 2 heterocycles. The van der Waals surface area contributed by atoms with Gasteiger partial charge in [0.05, 0.1) is 19.0 Å². The number of aromatic nitrogens is 4. The summed E-state index contributed by atoms with van der Waals surface area (Å²) < 4.78 is 25.5. The summed E-state index contributed by atoms with van der Waals surface area (Å²) >= 11 is 7.63. The number of anilines is 2. The van der Waals surface area contributed by atoms with Gasteiger partial charge in [0.15, 0.2) is 17.0 Å². The number of hydrogen-bond donors (Lipinski definition) is 3. The average Bonchev–Trinajstić information content (AvgIpc) is 3.50. The van der Waals surface area contributed by atoms with Crippen LogP contribution in [0.15, 0.2) is 60.9 Å². The van der Waals surface area contributed by atoms with Gasteiger partial charge in [-0.25, -0.2) is 10.1 Å². The number of methoxy groups -OCH3 is 1. The molecule has 4 unspecified atom stereocenters. The van der Waals surface area contributed by atoms with Crippen molar-refractivity contribution in [2.45, 2.75) is 58.9 Å². The van der Waals surface area contributed by atoms with Crippen LogP contribution in [0.5, 0.6) is 5.75 Å². The second-order valence-corrected chi connectivity index (χ2v) is 12.2. The Morgan fingerprint density at radius 1 is 1.13 bits per heavy atom. The predicted octanol–water partition coefficient (Wildman–Crippen LogP) is 6.32. The summed E-state index contributed by atoms with van der Waals surface area (Å²) in [5.41, 5.74) is 7.99. The highest BCUT2D eigenvalue weighted by molar-refractivity contribution is 7.96. The number of halogens is 1. The Bertz CT molecular complexity index is 1540. The number of benzene rings is 2. The van der Waals surface area contributed by atoms with Crippen molar-refractivity contribution in [3.05, 3.63) is 71.5 Å². The molecular formula is C31H44ClN8O5PS. The highest BCUT2D eigenvalue weighted by Crippen LogP contribution is 2.37. The molecule has 0 amide bonds. The first kappa shape index (κ1) is 38.2. The third kappa shape index (κ3) is 11.2. The maximum atomic E-state index is 12.8. The number of fused-ring (bicyclic) bond motifs is 1. The maximum absolute atomic E-state index is 12.8. The number of carbonyl (C=O) groups is 1. The molecule has 4 rings (SSSR count). The molecule has 0 radical (unpaired) electrons. The quantitative estimate of drug-likeness (QED) is 0.0487. The summed E-state index contributed by atoms with van der Waals surface area (Å²) in [7, 11) is 1.69. The lowest BCUT2D eigenvalue weighted by atomic mass is 10.1. The number of hydrogen-bond acceptors (Lipinski definition) is 13. The monoisotopic (exact) mass is 706 g/mol. The Kier molecular flexibility index (Phi) is 15.9. The first-order chi connectivity index (χ1) is 22.7. The van der Waals surface area contributed by atoms with Gasteiger partial charge in [0.1, 0.15) is 18.4 Å². The van der Waals surface area contributed by atoms with Crippen molar-refractivity contribution in [3.8, 4) is 5.75 Å². The second kappa shape index (κ2) is 19.6. The molecule has 0 aliphatic rings. The van der Waals surface area contributed by atoms with Crippen LogP contribution in [0.4, 0.5) is 11.8 Å². The van der Waals surface area contributed by atoms with Gasteiger partial charge in [0.25, 0.3) is 0 Å². The normalized spacial score (nSPS) is 13.6. The third-order valence-electron chi connectivity index (χ3n) is 6.67. The number of imidazole rings is 1. The van der Waals surface area contributed by atoms with E-state index in [2.05, 4.69) is 24.9 Å². The second-order valence-electron chi connectivity index (χ2n) is 10.0. The van der Waals surface area contributed by atoms with Gasteiger partial charge in [0.2, 0.25) is 5.95 Å². The molecule has 0 spiro atoms. The third-order valence-corrected chi connectivity index (χ3v) is 8.85. The van der Waals surface area contributed by atoms with Crippen molar-refractivity contribution in [1.82, 2.24) is 29.4 Å². The lowest BCUT2D eigenvalue weighted by Gasteiger charge is -2.25. The fourth-order valence-corrected chi connectivity index (χ4v) is 6.07. The highest BCUT2D eigenvalue weighted by atomic mass is 35.5. The molecule has 0 saturated heterocycles. The molecule has 47 heavy (non-hydrogen) atoms. The lowest BCUT2D eigenvalue weighted by molar-refractivity contribution is -0.146. The van der Waals surface area contributed by atoms with Crippen molar-refractivity contribution in [2.24, 2.45) is 0 Å². The summed E-state index contributed by atoms with van der Waals surface area (Å²) in [5, 5.41) is 5.41. The van der Waals surface area contributed by atoms with E-state index in [0.717, 1.165) is 5.56 Å². The van der Waals surface area contributed by atoms with E-state index in [4.69, 9.17) is 35.9 Å². The molecule has 4 aromatic rings. The van der Waals surface area contributed by atoms with Crippen LogP contribution in [-0.2, 0) is 25.4 Å². The molecule has 4 N–H and O–H groups in total. The SMILES string of the molecule is CC.COC(COP(NC(C)C(=O)OCc1ccccc1Cl)Oc1ccccc1)CC(C)n1cnc2c(N(C)NSC)nc(N)nc21. The molecule has 2 aromatic carbocycles. The molecule has 13 nitrogen and oxygen atoms in total. The maximum Gasteiger partial charge on any atom is 0.323 e. The fourth-order valence-electron chi connectivity index (χ4n) is 4.30. The zero-order valence-electron chi connectivity index (χ0n) is 27.7. The number of esters is 1. The van der Waals surface area contributed by atoms with Crippen LogP contribution in [0.25, 0.3) is 11.2 Å². The summed E-state index contributed by atoms with van der Waals surface area (Å²) in [4.78, 5) is 29.3. The van der Waals surface area contributed by atoms with Crippen molar-refractivity contribution in [1.29, 1.82) is 0 Å². The smallest absolute Gasteiger partial charge is 0.323 e. The summed E-state index contributed by atoms with van der Waals surface area (Å²) in [5.74, 6) is 0.834. The Morgan fingerprint density at radius 3 is 2.51 bits per heavy atom. The fraction of sp³-hybridized carbons (Fsp3) is 0.419. The first-order valence-electron chi connectivity index (χ1n) is 15.1. The Morgan fingerprint density at radius 2 is 1.83 bits per heavy atom. The van der Waals surface area contributed by atoms with Gasteiger partial charge in [-0.15, -0.1) is 0 Å². The van der Waals surface area contributed by atoms with E-state index in [1.54, 1.807) is 31.4 Å². The summed E-state index contributed by atoms with van der Waals surface area (Å²) in [6.07, 6.45) is 3.86. The minimum Gasteiger partial charge on any atom is -0.460 e. The molecule has 2 aromatic heterocycles. The standard InChI is InChI=1S/C29H38ClN8O5PS.C2H6/c1-19(38-18-32-25-26(37(3)36-45-5)33-29(31)34-27(25)38)15-23(40-4)17-42-44(43-22-12-7-6-8-13-22)35-20(2)28(39)41-16-21-11-9-10-14-24(21)30;1-2/h6-14,18-20,23,35-36H,15-17H2,1-5H3,(H2,31,33,34);1-2H3. The van der Waals surface area contributed by atoms with Crippen LogP contribution in [0.1, 0.15) is 45.7 Å². The number of para-hydroxylation sites is 1. The van der Waals surface area contributed by atoms with E-state index in [0.29, 0.717) is 34.2 Å². The van der Waals surface area contributed by atoms with Gasteiger partial charge in [-0.3, -0.25) is 9.80 Å². The summed E-state index contributed by atoms with van der Waals surface area (Å²) in [6, 6.07) is 15.6. The van der Waals surface area contributed by atoms with E-state index >= 15 is 0 Å². The lowest BCUT2D eigenvalue weighted by Crippen LogP contribution is -2.34. The van der Waals surface area contributed by atoms with E-state index in [9.17, 15) is 4.79 Å². The average molecular weight is 707 g/mol. The molecule has 0 aliphatic carbocycles. The van der Waals surface area contributed by atoms with Crippen molar-refractivity contribution < 1.29 is 23.3 Å². The van der Waals surface area contributed by atoms with Gasteiger partial charge >= 0.3 is 14.5 Å². The molecular weight excluding hydrogens is 663 g/mol. The molecule has 0 bridgehead atoms. The zero-order chi connectivity index (χ0) is 34.3. The number of ether oxygens (including phenoxy) is 2. The number of nitrogens with one attached hydrogen (secondary N) is 2. The number of carbonyl (C=O) groups excluding carboxylic acids is 1. The van der Waals surface area contributed by atoms with Gasteiger partial charge in [-0.1, -0.05) is 73.8 Å².